The van der Waals surface area contributed by atoms with Gasteiger partial charge in [0.15, 0.2) is 0 Å². The number of carboxylic acid groups (broad SMARTS) is 1. The molecule has 2 N–H and O–H groups in total. The fourth-order valence-electron chi connectivity index (χ4n) is 2.57. The van der Waals surface area contributed by atoms with Crippen molar-refractivity contribution < 1.29 is 9.90 Å². The Bertz CT molecular complexity index is 391. The molecule has 94 valence electrons. The summed E-state index contributed by atoms with van der Waals surface area (Å²) < 4.78 is 0. The number of thiazole rings is 1. The minimum atomic E-state index is -0.759. The summed E-state index contributed by atoms with van der Waals surface area (Å²) >= 11 is 1.58. The minimum absolute atomic E-state index is 0.102. The zero-order chi connectivity index (χ0) is 12.5. The molecule has 2 unspecified atom stereocenters. The molecule has 0 radical (unpaired) electrons. The van der Waals surface area contributed by atoms with Crippen molar-refractivity contribution in [3.05, 3.63) is 16.6 Å². The molecule has 1 aliphatic rings. The molecule has 1 aliphatic heterocycles. The van der Waals surface area contributed by atoms with Gasteiger partial charge in [0.25, 0.3) is 0 Å². The summed E-state index contributed by atoms with van der Waals surface area (Å²) in [6.07, 6.45) is 3.98. The number of nitrogens with one attached hydrogen (secondary N) is 1. The van der Waals surface area contributed by atoms with Crippen molar-refractivity contribution in [3.8, 4) is 0 Å². The van der Waals surface area contributed by atoms with Gasteiger partial charge in [-0.3, -0.25) is 10.1 Å². The van der Waals surface area contributed by atoms with Crippen LogP contribution in [0.4, 0.5) is 0 Å². The predicted octanol–water partition coefficient (Wildman–Crippen LogP) is 2.44. The van der Waals surface area contributed by atoms with Crippen molar-refractivity contribution in [2.75, 3.05) is 0 Å². The van der Waals surface area contributed by atoms with Gasteiger partial charge in [-0.15, -0.1) is 11.3 Å². The average Bonchev–Trinajstić information content (AvgIpc) is 2.84. The van der Waals surface area contributed by atoms with Crippen LogP contribution in [0, 0.1) is 5.92 Å². The van der Waals surface area contributed by atoms with E-state index in [1.54, 1.807) is 17.5 Å². The van der Waals surface area contributed by atoms with Crippen LogP contribution in [0.5, 0.6) is 0 Å². The third-order valence-corrected chi connectivity index (χ3v) is 4.12. The highest BCUT2D eigenvalue weighted by Crippen LogP contribution is 2.37. The summed E-state index contributed by atoms with van der Waals surface area (Å²) in [4.78, 5) is 15.8. The minimum Gasteiger partial charge on any atom is -0.480 e. The van der Waals surface area contributed by atoms with E-state index in [2.05, 4.69) is 24.1 Å². The number of nitrogens with zero attached hydrogens (tertiary/aromatic N) is 1. The van der Waals surface area contributed by atoms with Gasteiger partial charge in [-0.1, -0.05) is 13.8 Å². The highest BCUT2D eigenvalue weighted by Gasteiger charge is 2.46. The number of aliphatic carboxylic acids is 1. The monoisotopic (exact) mass is 254 g/mol. The lowest BCUT2D eigenvalue weighted by Gasteiger charge is -2.27. The van der Waals surface area contributed by atoms with Crippen molar-refractivity contribution in [3.63, 3.8) is 0 Å². The maximum Gasteiger partial charge on any atom is 0.323 e. The SMILES string of the molecule is CC(C)CC1(C(=O)O)CCC(c2nccs2)N1. The van der Waals surface area contributed by atoms with Crippen LogP contribution in [0.3, 0.4) is 0 Å². The van der Waals surface area contributed by atoms with E-state index >= 15 is 0 Å². The summed E-state index contributed by atoms with van der Waals surface area (Å²) in [5.74, 6) is -0.362. The largest absolute Gasteiger partial charge is 0.480 e. The van der Waals surface area contributed by atoms with E-state index in [1.165, 1.54) is 0 Å². The fourth-order valence-corrected chi connectivity index (χ4v) is 3.30. The molecule has 2 rings (SSSR count). The zero-order valence-corrected chi connectivity index (χ0v) is 11.0. The number of carboxylic acids is 1. The lowest BCUT2D eigenvalue weighted by molar-refractivity contribution is -0.145. The van der Waals surface area contributed by atoms with E-state index < -0.39 is 11.5 Å². The van der Waals surface area contributed by atoms with Crippen molar-refractivity contribution >= 4 is 17.3 Å². The normalized spacial score (nSPS) is 28.8. The molecule has 0 amide bonds. The number of carbonyl (C=O) groups is 1. The van der Waals surface area contributed by atoms with Gasteiger partial charge in [0.1, 0.15) is 10.5 Å². The molecular weight excluding hydrogens is 236 g/mol. The molecule has 1 saturated heterocycles. The van der Waals surface area contributed by atoms with Crippen molar-refractivity contribution in [2.24, 2.45) is 5.92 Å². The number of hydrogen-bond donors (Lipinski definition) is 2. The molecule has 0 aromatic carbocycles. The molecule has 1 aromatic rings. The van der Waals surface area contributed by atoms with Crippen LogP contribution in [-0.4, -0.2) is 21.6 Å². The van der Waals surface area contributed by atoms with Gasteiger partial charge >= 0.3 is 5.97 Å². The third-order valence-electron chi connectivity index (χ3n) is 3.23. The van der Waals surface area contributed by atoms with E-state index in [0.717, 1.165) is 11.4 Å². The average molecular weight is 254 g/mol. The molecule has 1 fully saturated rings. The first-order valence-electron chi connectivity index (χ1n) is 5.94. The van der Waals surface area contributed by atoms with E-state index in [1.807, 2.05) is 5.38 Å². The van der Waals surface area contributed by atoms with Gasteiger partial charge in [0, 0.05) is 11.6 Å². The third kappa shape index (κ3) is 2.50. The van der Waals surface area contributed by atoms with Gasteiger partial charge in [0.05, 0.1) is 6.04 Å². The Balaban J connectivity index is 2.14. The number of aromatic nitrogens is 1. The summed E-state index contributed by atoms with van der Waals surface area (Å²) in [5.41, 5.74) is -0.759. The Morgan fingerprint density at radius 2 is 2.53 bits per heavy atom. The van der Waals surface area contributed by atoms with E-state index in [9.17, 15) is 9.90 Å². The fraction of sp³-hybridized carbons (Fsp3) is 0.667. The van der Waals surface area contributed by atoms with Crippen LogP contribution in [0.15, 0.2) is 11.6 Å². The van der Waals surface area contributed by atoms with E-state index in [0.29, 0.717) is 18.8 Å². The van der Waals surface area contributed by atoms with Crippen LogP contribution in [0.2, 0.25) is 0 Å². The predicted molar refractivity (Wildman–Crippen MR) is 67.0 cm³/mol. The topological polar surface area (TPSA) is 62.2 Å². The molecule has 0 spiro atoms. The molecule has 17 heavy (non-hydrogen) atoms. The smallest absolute Gasteiger partial charge is 0.323 e. The molecule has 2 heterocycles. The summed E-state index contributed by atoms with van der Waals surface area (Å²) in [6, 6.07) is 0.102. The van der Waals surface area contributed by atoms with Crippen LogP contribution >= 0.6 is 11.3 Å². The maximum atomic E-state index is 11.5. The summed E-state index contributed by atoms with van der Waals surface area (Å²) in [6.45, 7) is 4.12. The Morgan fingerprint density at radius 1 is 1.76 bits per heavy atom. The van der Waals surface area contributed by atoms with E-state index in [-0.39, 0.29) is 6.04 Å². The lowest BCUT2D eigenvalue weighted by Crippen LogP contribution is -2.49. The van der Waals surface area contributed by atoms with Gasteiger partial charge < -0.3 is 5.11 Å². The highest BCUT2D eigenvalue weighted by atomic mass is 32.1. The van der Waals surface area contributed by atoms with Gasteiger partial charge in [-0.05, 0) is 25.2 Å². The van der Waals surface area contributed by atoms with Gasteiger partial charge in [0.2, 0.25) is 0 Å². The Labute approximate surface area is 105 Å². The second-order valence-electron chi connectivity index (χ2n) is 5.09. The molecule has 0 bridgehead atoms. The number of hydrogen-bond acceptors (Lipinski definition) is 4. The van der Waals surface area contributed by atoms with E-state index in [4.69, 9.17) is 0 Å². The molecule has 4 nitrogen and oxygen atoms in total. The molecule has 1 aromatic heterocycles. The van der Waals surface area contributed by atoms with Crippen LogP contribution in [-0.2, 0) is 4.79 Å². The first-order valence-corrected chi connectivity index (χ1v) is 6.82. The Hall–Kier alpha value is -0.940. The van der Waals surface area contributed by atoms with Gasteiger partial charge in [-0.25, -0.2) is 4.98 Å². The standard InChI is InChI=1S/C12H18N2O2S/c1-8(2)7-12(11(15)16)4-3-9(14-12)10-13-5-6-17-10/h5-6,8-9,14H,3-4,7H2,1-2H3,(H,15,16). The van der Waals surface area contributed by atoms with Gasteiger partial charge in [-0.2, -0.15) is 0 Å². The molecular formula is C12H18N2O2S. The first kappa shape index (κ1) is 12.5. The maximum absolute atomic E-state index is 11.5. The molecule has 5 heteroatoms. The van der Waals surface area contributed by atoms with Crippen molar-refractivity contribution in [2.45, 2.75) is 44.7 Å². The summed E-state index contributed by atoms with van der Waals surface area (Å²) in [7, 11) is 0. The second kappa shape index (κ2) is 4.74. The van der Waals surface area contributed by atoms with Crippen LogP contribution < -0.4 is 5.32 Å². The molecule has 0 saturated carbocycles. The first-order chi connectivity index (χ1) is 8.03. The van der Waals surface area contributed by atoms with Crippen LogP contribution in [0.25, 0.3) is 0 Å². The zero-order valence-electron chi connectivity index (χ0n) is 10.1. The molecule has 0 aliphatic carbocycles. The Morgan fingerprint density at radius 3 is 3.06 bits per heavy atom. The lowest BCUT2D eigenvalue weighted by atomic mass is 9.87. The summed E-state index contributed by atoms with van der Waals surface area (Å²) in [5, 5.41) is 15.7. The molecule has 2 atom stereocenters. The van der Waals surface area contributed by atoms with Crippen molar-refractivity contribution in [1.29, 1.82) is 0 Å². The second-order valence-corrected chi connectivity index (χ2v) is 6.02. The quantitative estimate of drug-likeness (QED) is 0.866. The number of rotatable bonds is 4. The Kier molecular flexibility index (Phi) is 3.49. The highest BCUT2D eigenvalue weighted by molar-refractivity contribution is 7.09. The van der Waals surface area contributed by atoms with Crippen molar-refractivity contribution in [1.82, 2.24) is 10.3 Å². The van der Waals surface area contributed by atoms with Crippen LogP contribution in [0.1, 0.15) is 44.2 Å².